The highest BCUT2D eigenvalue weighted by Crippen LogP contribution is 2.41. The molecular formula is C29H30F2N4O2. The summed E-state index contributed by atoms with van der Waals surface area (Å²) in [5, 5.41) is 5.35. The predicted octanol–water partition coefficient (Wildman–Crippen LogP) is 6.34. The lowest BCUT2D eigenvalue weighted by atomic mass is 9.98. The summed E-state index contributed by atoms with van der Waals surface area (Å²) in [5.41, 5.74) is 4.68. The fraction of sp³-hybridized carbons (Fsp3) is 0.379. The zero-order chi connectivity index (χ0) is 25.7. The zero-order valence-corrected chi connectivity index (χ0v) is 21.3. The van der Waals surface area contributed by atoms with E-state index in [0.717, 1.165) is 49.4 Å². The Bertz CT molecular complexity index is 1460. The van der Waals surface area contributed by atoms with E-state index in [0.29, 0.717) is 28.9 Å². The molecule has 0 amide bonds. The van der Waals surface area contributed by atoms with E-state index >= 15 is 0 Å². The van der Waals surface area contributed by atoms with Gasteiger partial charge in [-0.25, -0.2) is 18.4 Å². The first-order chi connectivity index (χ1) is 17.8. The van der Waals surface area contributed by atoms with Gasteiger partial charge in [0, 0.05) is 31.1 Å². The van der Waals surface area contributed by atoms with Crippen LogP contribution in [-0.4, -0.2) is 33.4 Å². The largest absolute Gasteiger partial charge is 0.497 e. The van der Waals surface area contributed by atoms with Crippen LogP contribution in [0.25, 0.3) is 22.3 Å². The van der Waals surface area contributed by atoms with Crippen LogP contribution in [0.5, 0.6) is 5.75 Å². The lowest BCUT2D eigenvalue weighted by Gasteiger charge is -2.31. The Morgan fingerprint density at radius 3 is 2.57 bits per heavy atom. The quantitative estimate of drug-likeness (QED) is 0.318. The summed E-state index contributed by atoms with van der Waals surface area (Å²) in [5.74, 6) is -0.959. The smallest absolute Gasteiger partial charge is 0.161 e. The van der Waals surface area contributed by atoms with Crippen LogP contribution in [-0.2, 0) is 23.4 Å². The second kappa shape index (κ2) is 9.19. The molecule has 0 N–H and O–H groups in total. The molecule has 4 aromatic rings. The average molecular weight is 505 g/mol. The molecule has 2 aromatic heterocycles. The molecule has 0 aliphatic carbocycles. The van der Waals surface area contributed by atoms with E-state index in [1.807, 2.05) is 18.2 Å². The van der Waals surface area contributed by atoms with Gasteiger partial charge in [0.25, 0.3) is 0 Å². The van der Waals surface area contributed by atoms with Crippen LogP contribution >= 0.6 is 0 Å². The highest BCUT2D eigenvalue weighted by molar-refractivity contribution is 5.92. The van der Waals surface area contributed by atoms with Crippen molar-refractivity contribution in [1.82, 2.24) is 19.7 Å². The number of benzene rings is 2. The molecule has 2 aromatic carbocycles. The fourth-order valence-electron chi connectivity index (χ4n) is 5.49. The van der Waals surface area contributed by atoms with Gasteiger partial charge in [0.05, 0.1) is 29.6 Å². The third-order valence-electron chi connectivity index (χ3n) is 7.66. The number of halogens is 2. The molecule has 0 spiro atoms. The first-order valence-electron chi connectivity index (χ1n) is 12.7. The van der Waals surface area contributed by atoms with Crippen LogP contribution in [0, 0.1) is 11.6 Å². The van der Waals surface area contributed by atoms with E-state index in [-0.39, 0.29) is 11.8 Å². The maximum atomic E-state index is 14.4. The van der Waals surface area contributed by atoms with Crippen molar-refractivity contribution in [2.45, 2.75) is 58.0 Å². The Balaban J connectivity index is 1.38. The van der Waals surface area contributed by atoms with Gasteiger partial charge in [0.1, 0.15) is 11.4 Å². The number of hydrogen-bond donors (Lipinski definition) is 0. The number of pyridine rings is 1. The lowest BCUT2D eigenvalue weighted by Crippen LogP contribution is -2.35. The van der Waals surface area contributed by atoms with Crippen LogP contribution in [0.3, 0.4) is 0 Å². The summed E-state index contributed by atoms with van der Waals surface area (Å²) in [4.78, 5) is 7.45. The zero-order valence-electron chi connectivity index (χ0n) is 21.3. The maximum Gasteiger partial charge on any atom is 0.161 e. The van der Waals surface area contributed by atoms with E-state index in [2.05, 4.69) is 36.9 Å². The fourth-order valence-corrected chi connectivity index (χ4v) is 5.49. The van der Waals surface area contributed by atoms with Crippen molar-refractivity contribution in [2.75, 3.05) is 13.7 Å². The first kappa shape index (κ1) is 24.0. The first-order valence-corrected chi connectivity index (χ1v) is 12.7. The molecule has 1 saturated heterocycles. The van der Waals surface area contributed by atoms with E-state index in [1.165, 1.54) is 17.7 Å². The summed E-state index contributed by atoms with van der Waals surface area (Å²) < 4.78 is 41.6. The molecule has 2 aliphatic rings. The lowest BCUT2D eigenvalue weighted by molar-refractivity contribution is -0.0365. The van der Waals surface area contributed by atoms with Gasteiger partial charge in [-0.2, -0.15) is 5.10 Å². The van der Waals surface area contributed by atoms with Crippen LogP contribution in [0.4, 0.5) is 8.78 Å². The molecule has 8 heteroatoms. The minimum atomic E-state index is -0.898. The van der Waals surface area contributed by atoms with Crippen molar-refractivity contribution in [1.29, 1.82) is 0 Å². The molecule has 6 nitrogen and oxygen atoms in total. The van der Waals surface area contributed by atoms with E-state index in [1.54, 1.807) is 11.8 Å². The average Bonchev–Trinajstić information content (AvgIpc) is 3.39. The highest BCUT2D eigenvalue weighted by Gasteiger charge is 2.39. The second-order valence-electron chi connectivity index (χ2n) is 10.4. The van der Waals surface area contributed by atoms with Crippen molar-refractivity contribution in [3.8, 4) is 17.1 Å². The van der Waals surface area contributed by atoms with Crippen molar-refractivity contribution < 1.29 is 18.3 Å². The Labute approximate surface area is 214 Å². The van der Waals surface area contributed by atoms with Gasteiger partial charge < -0.3 is 9.47 Å². The molecule has 0 radical (unpaired) electrons. The van der Waals surface area contributed by atoms with Crippen molar-refractivity contribution in [3.05, 3.63) is 77.0 Å². The minimum absolute atomic E-state index is 0.305. The van der Waals surface area contributed by atoms with E-state index < -0.39 is 11.6 Å². The molecule has 0 saturated carbocycles. The number of hydrogen-bond acceptors (Lipinski definition) is 5. The molecule has 192 valence electrons. The Morgan fingerprint density at radius 1 is 1.05 bits per heavy atom. The minimum Gasteiger partial charge on any atom is -0.497 e. The van der Waals surface area contributed by atoms with Gasteiger partial charge in [0.2, 0.25) is 0 Å². The highest BCUT2D eigenvalue weighted by atomic mass is 19.2. The molecule has 1 unspecified atom stereocenters. The topological polar surface area (TPSA) is 52.4 Å². The van der Waals surface area contributed by atoms with Crippen molar-refractivity contribution in [2.24, 2.45) is 0 Å². The molecular weight excluding hydrogens is 474 g/mol. The predicted molar refractivity (Wildman–Crippen MR) is 137 cm³/mol. The molecule has 1 fully saturated rings. The molecule has 6 rings (SSSR count). The third-order valence-corrected chi connectivity index (χ3v) is 7.66. The van der Waals surface area contributed by atoms with Crippen LogP contribution < -0.4 is 4.74 Å². The Kier molecular flexibility index (Phi) is 5.96. The summed E-state index contributed by atoms with van der Waals surface area (Å²) in [7, 11) is 1.66. The molecule has 0 bridgehead atoms. The van der Waals surface area contributed by atoms with Gasteiger partial charge in [-0.3, -0.25) is 4.90 Å². The van der Waals surface area contributed by atoms with Crippen molar-refractivity contribution in [3.63, 3.8) is 0 Å². The van der Waals surface area contributed by atoms with Gasteiger partial charge in [-0.1, -0.05) is 18.2 Å². The van der Waals surface area contributed by atoms with E-state index in [4.69, 9.17) is 19.6 Å². The van der Waals surface area contributed by atoms with Gasteiger partial charge in [0.15, 0.2) is 17.9 Å². The monoisotopic (exact) mass is 504 g/mol. The van der Waals surface area contributed by atoms with Crippen LogP contribution in [0.1, 0.15) is 56.2 Å². The molecule has 4 heterocycles. The van der Waals surface area contributed by atoms with Crippen LogP contribution in [0.2, 0.25) is 0 Å². The van der Waals surface area contributed by atoms with Gasteiger partial charge in [-0.15, -0.1) is 0 Å². The normalized spacial score (nSPS) is 19.3. The van der Waals surface area contributed by atoms with Gasteiger partial charge in [-0.05, 0) is 68.5 Å². The molecule has 1 atom stereocenters. The van der Waals surface area contributed by atoms with Crippen LogP contribution in [0.15, 0.2) is 48.5 Å². The Morgan fingerprint density at radius 2 is 1.84 bits per heavy atom. The standard InChI is InChI=1S/C29H30F2N4O2/c1-29(2)28-19(17-34(29)16-18-7-10-20(36-3)11-8-18)9-12-24(32-28)27-21-14-22(30)23(31)15-25(21)35(33-27)26-6-4-5-13-37-26/h7-12,14-15,26H,4-6,13,16-17H2,1-3H3. The summed E-state index contributed by atoms with van der Waals surface area (Å²) in [6, 6.07) is 14.6. The number of nitrogens with zero attached hydrogens (tertiary/aromatic N) is 4. The second-order valence-corrected chi connectivity index (χ2v) is 10.4. The number of aromatic nitrogens is 3. The third kappa shape index (κ3) is 4.18. The van der Waals surface area contributed by atoms with Crippen molar-refractivity contribution >= 4 is 10.9 Å². The maximum absolute atomic E-state index is 14.4. The van der Waals surface area contributed by atoms with E-state index in [9.17, 15) is 8.78 Å². The Hall–Kier alpha value is -3.36. The number of ether oxygens (including phenoxy) is 2. The number of methoxy groups -OCH3 is 1. The van der Waals surface area contributed by atoms with Gasteiger partial charge >= 0.3 is 0 Å². The SMILES string of the molecule is COc1ccc(CN2Cc3ccc(-c4nn(C5CCCCO5)c5cc(F)c(F)cc45)nc3C2(C)C)cc1. The summed E-state index contributed by atoms with van der Waals surface area (Å²) in [6.45, 7) is 6.50. The number of fused-ring (bicyclic) bond motifs is 2. The summed E-state index contributed by atoms with van der Waals surface area (Å²) >= 11 is 0. The number of rotatable bonds is 5. The molecule has 2 aliphatic heterocycles. The summed E-state index contributed by atoms with van der Waals surface area (Å²) in [6.07, 6.45) is 2.46. The molecule has 37 heavy (non-hydrogen) atoms.